The summed E-state index contributed by atoms with van der Waals surface area (Å²) in [6, 6.07) is 5.70. The Balaban J connectivity index is 1.73. The summed E-state index contributed by atoms with van der Waals surface area (Å²) in [6.45, 7) is 4.02. The summed E-state index contributed by atoms with van der Waals surface area (Å²) in [5.74, 6) is -0.964. The lowest BCUT2D eigenvalue weighted by Gasteiger charge is -2.16. The number of ketones is 1. The Morgan fingerprint density at radius 2 is 2.03 bits per heavy atom. The molecule has 3 rings (SSSR count). The molecule has 0 saturated carbocycles. The predicted octanol–water partition coefficient (Wildman–Crippen LogP) is 4.85. The average Bonchev–Trinajstić information content (AvgIpc) is 3.40. The molecule has 7 nitrogen and oxygen atoms in total. The number of carbonyl (C=O) groups excluding carboxylic acids is 2. The number of Topliss-reactive ketones (excluding diaryl/α,β-unsaturated/α-hetero) is 1. The molecule has 3 heterocycles. The first-order valence-corrected chi connectivity index (χ1v) is 13.1. The first-order valence-electron chi connectivity index (χ1n) is 11.0. The van der Waals surface area contributed by atoms with E-state index in [1.165, 1.54) is 34.9 Å². The standard InChI is InChI=1S/C24H25N3O4S3/c1-3-4-5-10-26-21(29)17(14-25)15(2)20(23(26)31)18(28)9-6-11-27-22(30)19(34-24(27)32)13-16-8-7-12-33-16/h7-8,12-13,31H,3-6,9-11H2,1-2H3/b19-13-. The number of thioether (sulfide) groups is 1. The Hall–Kier alpha value is -2.74. The van der Waals surface area contributed by atoms with Gasteiger partial charge in [-0.05, 0) is 42.9 Å². The monoisotopic (exact) mass is 515 g/mol. The second-order valence-corrected chi connectivity index (χ2v) is 10.5. The third kappa shape index (κ3) is 5.49. The highest BCUT2D eigenvalue weighted by Crippen LogP contribution is 2.33. The molecular formula is C24H25N3O4S3. The zero-order valence-corrected chi connectivity index (χ0v) is 21.4. The van der Waals surface area contributed by atoms with Crippen LogP contribution in [0.3, 0.4) is 0 Å². The summed E-state index contributed by atoms with van der Waals surface area (Å²) in [7, 11) is 0. The summed E-state index contributed by atoms with van der Waals surface area (Å²) < 4.78 is 1.56. The molecule has 1 amide bonds. The smallest absolute Gasteiger partial charge is 0.271 e. The maximum Gasteiger partial charge on any atom is 0.271 e. The molecule has 0 spiro atoms. The molecule has 0 bridgehead atoms. The fourth-order valence-electron chi connectivity index (χ4n) is 3.73. The fourth-order valence-corrected chi connectivity index (χ4v) is 5.76. The maximum atomic E-state index is 13.0. The number of aromatic nitrogens is 1. The second-order valence-electron chi connectivity index (χ2n) is 7.85. The van der Waals surface area contributed by atoms with Gasteiger partial charge in [-0.1, -0.05) is 49.8 Å². The van der Waals surface area contributed by atoms with Crippen LogP contribution in [0, 0.1) is 18.3 Å². The van der Waals surface area contributed by atoms with E-state index in [4.69, 9.17) is 12.2 Å². The van der Waals surface area contributed by atoms with E-state index in [1.54, 1.807) is 0 Å². The number of pyridine rings is 1. The van der Waals surface area contributed by atoms with Crippen LogP contribution in [0.4, 0.5) is 0 Å². The number of hydrogen-bond acceptors (Lipinski definition) is 8. The van der Waals surface area contributed by atoms with E-state index >= 15 is 0 Å². The highest BCUT2D eigenvalue weighted by atomic mass is 32.2. The molecule has 2 aromatic heterocycles. The van der Waals surface area contributed by atoms with Crippen LogP contribution in [0.25, 0.3) is 6.08 Å². The van der Waals surface area contributed by atoms with Crippen molar-refractivity contribution in [3.63, 3.8) is 0 Å². The third-order valence-electron chi connectivity index (χ3n) is 5.54. The molecule has 34 heavy (non-hydrogen) atoms. The first kappa shape index (κ1) is 25.9. The molecule has 178 valence electrons. The van der Waals surface area contributed by atoms with Gasteiger partial charge in [0.15, 0.2) is 5.78 Å². The van der Waals surface area contributed by atoms with Gasteiger partial charge < -0.3 is 5.11 Å². The van der Waals surface area contributed by atoms with Gasteiger partial charge in [0.05, 0.1) is 10.5 Å². The Bertz CT molecular complexity index is 1240. The Morgan fingerprint density at radius 3 is 2.68 bits per heavy atom. The molecule has 0 aliphatic carbocycles. The Morgan fingerprint density at radius 1 is 1.26 bits per heavy atom. The van der Waals surface area contributed by atoms with Gasteiger partial charge in [0.2, 0.25) is 5.88 Å². The minimum atomic E-state index is -0.583. The van der Waals surface area contributed by atoms with Crippen molar-refractivity contribution in [2.24, 2.45) is 0 Å². The molecule has 1 saturated heterocycles. The van der Waals surface area contributed by atoms with Crippen LogP contribution >= 0.6 is 35.3 Å². The van der Waals surface area contributed by atoms with Crippen molar-refractivity contribution in [3.8, 4) is 11.9 Å². The van der Waals surface area contributed by atoms with Crippen LogP contribution in [0.5, 0.6) is 5.88 Å². The van der Waals surface area contributed by atoms with E-state index < -0.39 is 11.4 Å². The van der Waals surface area contributed by atoms with Crippen molar-refractivity contribution in [1.29, 1.82) is 5.26 Å². The number of unbranched alkanes of at least 4 members (excludes halogenated alkanes) is 2. The van der Waals surface area contributed by atoms with Gasteiger partial charge >= 0.3 is 0 Å². The minimum Gasteiger partial charge on any atom is -0.494 e. The molecule has 1 N–H and O–H groups in total. The number of aromatic hydroxyl groups is 1. The van der Waals surface area contributed by atoms with Gasteiger partial charge in [0.1, 0.15) is 16.0 Å². The van der Waals surface area contributed by atoms with Crippen LogP contribution in [-0.2, 0) is 11.3 Å². The van der Waals surface area contributed by atoms with E-state index in [2.05, 4.69) is 0 Å². The fraction of sp³-hybridized carbons (Fsp3) is 0.375. The van der Waals surface area contributed by atoms with Crippen molar-refractivity contribution in [2.75, 3.05) is 6.54 Å². The van der Waals surface area contributed by atoms with Gasteiger partial charge in [0.25, 0.3) is 11.5 Å². The third-order valence-corrected chi connectivity index (χ3v) is 7.74. The van der Waals surface area contributed by atoms with Gasteiger partial charge in [-0.2, -0.15) is 5.26 Å². The quantitative estimate of drug-likeness (QED) is 0.209. The number of thiophene rings is 1. The van der Waals surface area contributed by atoms with E-state index in [0.29, 0.717) is 22.1 Å². The van der Waals surface area contributed by atoms with Gasteiger partial charge in [0, 0.05) is 24.4 Å². The number of rotatable bonds is 10. The number of nitriles is 1. The molecule has 0 atom stereocenters. The number of thiocarbonyl (C=S) groups is 1. The molecule has 0 radical (unpaired) electrons. The molecule has 0 unspecified atom stereocenters. The largest absolute Gasteiger partial charge is 0.494 e. The zero-order valence-electron chi connectivity index (χ0n) is 19.0. The molecule has 1 fully saturated rings. The van der Waals surface area contributed by atoms with Crippen molar-refractivity contribution in [1.82, 2.24) is 9.47 Å². The van der Waals surface area contributed by atoms with Crippen molar-refractivity contribution >= 4 is 57.4 Å². The van der Waals surface area contributed by atoms with Crippen LogP contribution in [0.2, 0.25) is 0 Å². The molecule has 1 aliphatic heterocycles. The highest BCUT2D eigenvalue weighted by Gasteiger charge is 2.32. The normalized spacial score (nSPS) is 14.7. The Kier molecular flexibility index (Phi) is 8.83. The van der Waals surface area contributed by atoms with E-state index in [-0.39, 0.29) is 47.9 Å². The minimum absolute atomic E-state index is 0.00405. The first-order chi connectivity index (χ1) is 16.3. The molecule has 1 aliphatic rings. The van der Waals surface area contributed by atoms with Crippen LogP contribution in [-0.4, -0.2) is 37.1 Å². The molecular weight excluding hydrogens is 490 g/mol. The van der Waals surface area contributed by atoms with Crippen molar-refractivity contribution in [2.45, 2.75) is 52.5 Å². The lowest BCUT2D eigenvalue weighted by molar-refractivity contribution is -0.122. The SMILES string of the molecule is CCCCCn1c(O)c(C(=O)CCCN2C(=O)/C(=C/c3cccs3)SC2=S)c(C)c(C#N)c1=O. The predicted molar refractivity (Wildman–Crippen MR) is 139 cm³/mol. The van der Waals surface area contributed by atoms with Gasteiger partial charge in [-0.25, -0.2) is 0 Å². The highest BCUT2D eigenvalue weighted by molar-refractivity contribution is 8.26. The summed E-state index contributed by atoms with van der Waals surface area (Å²) in [5.41, 5.74) is -0.532. The van der Waals surface area contributed by atoms with Crippen LogP contribution in [0.1, 0.15) is 65.4 Å². The zero-order chi connectivity index (χ0) is 24.8. The summed E-state index contributed by atoms with van der Waals surface area (Å²) >= 11 is 8.11. The maximum absolute atomic E-state index is 13.0. The van der Waals surface area contributed by atoms with E-state index in [0.717, 1.165) is 22.3 Å². The molecule has 0 aromatic carbocycles. The van der Waals surface area contributed by atoms with Crippen LogP contribution in [0.15, 0.2) is 27.2 Å². The van der Waals surface area contributed by atoms with Crippen molar-refractivity contribution in [3.05, 3.63) is 54.3 Å². The Labute approximate surface area is 211 Å². The van der Waals surface area contributed by atoms with Crippen molar-refractivity contribution < 1.29 is 14.7 Å². The van der Waals surface area contributed by atoms with Gasteiger partial charge in [-0.3, -0.25) is 23.9 Å². The molecule has 2 aromatic rings. The number of hydrogen-bond donors (Lipinski definition) is 1. The lowest BCUT2D eigenvalue weighted by atomic mass is 9.99. The van der Waals surface area contributed by atoms with Crippen LogP contribution < -0.4 is 5.56 Å². The lowest BCUT2D eigenvalue weighted by Crippen LogP contribution is -2.29. The molecule has 10 heteroatoms. The number of amides is 1. The summed E-state index contributed by atoms with van der Waals surface area (Å²) in [4.78, 5) is 41.4. The summed E-state index contributed by atoms with van der Waals surface area (Å²) in [5, 5.41) is 22.1. The topological polar surface area (TPSA) is 103 Å². The summed E-state index contributed by atoms with van der Waals surface area (Å²) in [6.07, 6.45) is 4.61. The second kappa shape index (κ2) is 11.6. The average molecular weight is 516 g/mol. The number of carbonyl (C=O) groups is 2. The van der Waals surface area contributed by atoms with E-state index in [9.17, 15) is 24.8 Å². The van der Waals surface area contributed by atoms with E-state index in [1.807, 2.05) is 36.6 Å². The number of nitrogens with zero attached hydrogens (tertiary/aromatic N) is 3. The van der Waals surface area contributed by atoms with Gasteiger partial charge in [-0.15, -0.1) is 11.3 Å².